The zero-order chi connectivity index (χ0) is 30.0. The van der Waals surface area contributed by atoms with E-state index in [1.165, 1.54) is 30.3 Å². The summed E-state index contributed by atoms with van der Waals surface area (Å²) in [6, 6.07) is 8.65. The predicted octanol–water partition coefficient (Wildman–Crippen LogP) is -2.77. The van der Waals surface area contributed by atoms with Gasteiger partial charge in [-0.05, 0) is 34.7 Å². The molecule has 2 aromatic carbocycles. The molecule has 11 nitrogen and oxygen atoms in total. The number of ether oxygens (including phenoxy) is 1. The Morgan fingerprint density at radius 3 is 2.41 bits per heavy atom. The molecule has 0 spiro atoms. The summed E-state index contributed by atoms with van der Waals surface area (Å²) in [5.74, 6) is -4.87. The van der Waals surface area contributed by atoms with Crippen LogP contribution in [0.25, 0.3) is 0 Å². The Morgan fingerprint density at radius 1 is 1.05 bits per heavy atom. The van der Waals surface area contributed by atoms with Gasteiger partial charge < -0.3 is 25.4 Å². The fraction of sp³-hybridized carbons (Fsp3) is 0.400. The lowest BCUT2D eigenvalue weighted by Gasteiger charge is -2.54. The maximum absolute atomic E-state index is 15.0. The molecule has 2 aromatic rings. The summed E-state index contributed by atoms with van der Waals surface area (Å²) < 4.78 is 20.4. The normalized spacial score (nSPS) is 28.9. The van der Waals surface area contributed by atoms with Gasteiger partial charge in [0.05, 0.1) is 35.5 Å². The Hall–Kier alpha value is -3.16. The van der Waals surface area contributed by atoms with E-state index in [1.54, 1.807) is 11.4 Å². The molecule has 5 N–H and O–H groups in total. The number of nitrogens with zero attached hydrogens (tertiary/aromatic N) is 2. The van der Waals surface area contributed by atoms with Crippen molar-refractivity contribution >= 4 is 54.8 Å². The smallest absolute Gasteiger partial charge is 0.282 e. The minimum Gasteiger partial charge on any atom is -0.392 e. The zero-order valence-corrected chi connectivity index (χ0v) is 21.8. The molecule has 16 heteroatoms. The first-order chi connectivity index (χ1) is 19.1. The molecule has 3 aliphatic heterocycles. The van der Waals surface area contributed by atoms with Gasteiger partial charge in [-0.2, -0.15) is 0 Å². The fourth-order valence-electron chi connectivity index (χ4n) is 5.23. The van der Waals surface area contributed by atoms with Gasteiger partial charge in [0.25, 0.3) is 17.7 Å². The molecule has 3 unspecified atom stereocenters. The monoisotopic (exact) mass is 554 g/mol. The van der Waals surface area contributed by atoms with Crippen molar-refractivity contribution in [3.63, 3.8) is 0 Å². The second-order valence-corrected chi connectivity index (χ2v) is 10.4. The summed E-state index contributed by atoms with van der Waals surface area (Å²) in [6.07, 6.45) is 0. The highest BCUT2D eigenvalue weighted by molar-refractivity contribution is 6.41. The number of nitrogens with one attached hydrogen (secondary N) is 2. The third-order valence-corrected chi connectivity index (χ3v) is 7.69. The Morgan fingerprint density at radius 2 is 1.73 bits per heavy atom. The molecule has 0 aliphatic carbocycles. The van der Waals surface area contributed by atoms with Gasteiger partial charge in [-0.3, -0.25) is 29.5 Å². The quantitative estimate of drug-likeness (QED) is 0.189. The van der Waals surface area contributed by atoms with Crippen molar-refractivity contribution in [2.45, 2.75) is 35.2 Å². The van der Waals surface area contributed by atoms with Crippen LogP contribution in [0.15, 0.2) is 36.4 Å². The van der Waals surface area contributed by atoms with Gasteiger partial charge in [0, 0.05) is 36.4 Å². The minimum atomic E-state index is -3.53. The van der Waals surface area contributed by atoms with Crippen LogP contribution in [0.2, 0.25) is 0 Å². The van der Waals surface area contributed by atoms with E-state index in [9.17, 15) is 34.1 Å². The van der Waals surface area contributed by atoms with Crippen LogP contribution >= 0.6 is 0 Å². The van der Waals surface area contributed by atoms with Gasteiger partial charge >= 0.3 is 0 Å². The van der Waals surface area contributed by atoms with E-state index < -0.39 is 52.1 Å². The second kappa shape index (κ2) is 9.99. The van der Waals surface area contributed by atoms with E-state index in [4.69, 9.17) is 36.1 Å². The van der Waals surface area contributed by atoms with Crippen LogP contribution in [0.5, 0.6) is 0 Å². The lowest BCUT2D eigenvalue weighted by molar-refractivity contribution is -0.232. The Balaban J connectivity index is 1.45. The summed E-state index contributed by atoms with van der Waals surface area (Å²) in [5.41, 5.74) is -9.41. The number of piperidine rings is 1. The Bertz CT molecular complexity index is 1440. The van der Waals surface area contributed by atoms with Gasteiger partial charge in [0.15, 0.2) is 0 Å². The van der Waals surface area contributed by atoms with E-state index in [0.29, 0.717) is 37.7 Å². The number of fused-ring (bicyclic) bond motifs is 1. The van der Waals surface area contributed by atoms with E-state index >= 15 is 0 Å². The number of halogens is 1. The molecule has 41 heavy (non-hydrogen) atoms. The average molecular weight is 554 g/mol. The summed E-state index contributed by atoms with van der Waals surface area (Å²) in [4.78, 5) is 40.7. The summed E-state index contributed by atoms with van der Waals surface area (Å²) in [6.45, 7) is 2.51. The third kappa shape index (κ3) is 4.58. The minimum absolute atomic E-state index is 0.0678. The lowest BCUT2D eigenvalue weighted by Crippen LogP contribution is -2.86. The Labute approximate surface area is 240 Å². The van der Waals surface area contributed by atoms with Crippen molar-refractivity contribution in [2.75, 3.05) is 31.6 Å². The number of carbonyl (C=O) groups is 3. The molecule has 5 rings (SSSR count). The van der Waals surface area contributed by atoms with E-state index in [-0.39, 0.29) is 22.4 Å². The van der Waals surface area contributed by atoms with Crippen LogP contribution in [0.3, 0.4) is 0 Å². The van der Waals surface area contributed by atoms with Crippen molar-refractivity contribution in [3.8, 4) is 0 Å². The largest absolute Gasteiger partial charge is 0.392 e. The highest BCUT2D eigenvalue weighted by Gasteiger charge is 2.70. The number of morpholine rings is 1. The molecule has 0 aromatic heterocycles. The van der Waals surface area contributed by atoms with Crippen LogP contribution in [-0.2, 0) is 32.8 Å². The summed E-state index contributed by atoms with van der Waals surface area (Å²) in [7, 11) is 23.8. The number of benzene rings is 2. The molecular formula is C25H23B4FN4O7. The molecule has 3 atom stereocenters. The highest BCUT2D eigenvalue weighted by Crippen LogP contribution is 2.42. The Kier molecular flexibility index (Phi) is 7.14. The van der Waals surface area contributed by atoms with Crippen LogP contribution < -0.4 is 10.6 Å². The molecule has 0 bridgehead atoms. The number of hydrogen-bond donors (Lipinski definition) is 5. The van der Waals surface area contributed by atoms with Crippen LogP contribution in [0, 0.1) is 5.82 Å². The summed E-state index contributed by atoms with van der Waals surface area (Å²) >= 11 is 0. The maximum atomic E-state index is 15.0. The first kappa shape index (κ1) is 29.3. The number of rotatable bonds is 6. The van der Waals surface area contributed by atoms with Crippen LogP contribution in [-0.4, -0.2) is 117 Å². The van der Waals surface area contributed by atoms with Gasteiger partial charge in [-0.25, -0.2) is 4.39 Å². The van der Waals surface area contributed by atoms with Crippen LogP contribution in [0.4, 0.5) is 10.1 Å². The van der Waals surface area contributed by atoms with Gasteiger partial charge in [0.1, 0.15) is 32.5 Å². The van der Waals surface area contributed by atoms with Gasteiger partial charge in [-0.1, -0.05) is 18.2 Å². The number of imide groups is 1. The van der Waals surface area contributed by atoms with E-state index in [1.807, 2.05) is 0 Å². The molecular weight excluding hydrogens is 531 g/mol. The maximum Gasteiger partial charge on any atom is 0.282 e. The highest BCUT2D eigenvalue weighted by atomic mass is 19.1. The number of anilines is 1. The molecule has 8 radical (unpaired) electrons. The van der Waals surface area contributed by atoms with Gasteiger partial charge in [0.2, 0.25) is 5.72 Å². The van der Waals surface area contributed by atoms with Crippen molar-refractivity contribution in [3.05, 3.63) is 64.5 Å². The lowest BCUT2D eigenvalue weighted by atomic mass is 9.51. The van der Waals surface area contributed by atoms with Crippen molar-refractivity contribution in [1.82, 2.24) is 15.1 Å². The molecule has 2 saturated heterocycles. The SMILES string of the molecule is [B]C([B])(Nc1cccc2c1CN(C1(O)C(=O)NC(=O)C([B])(O)C1([B])O)C2=O)c1cc(CN2CCOCC2)ccc1F. The zero-order valence-electron chi connectivity index (χ0n) is 21.8. The second-order valence-electron chi connectivity index (χ2n) is 10.4. The number of carbonyl (C=O) groups excluding carboxylic acids is 3. The van der Waals surface area contributed by atoms with Crippen molar-refractivity contribution in [1.29, 1.82) is 0 Å². The summed E-state index contributed by atoms with van der Waals surface area (Å²) in [5, 5.41) is 34.8. The van der Waals surface area contributed by atoms with Gasteiger partial charge in [-0.15, -0.1) is 0 Å². The average Bonchev–Trinajstić information content (AvgIpc) is 3.26. The molecule has 3 amide bonds. The molecule has 3 aliphatic rings. The van der Waals surface area contributed by atoms with Crippen LogP contribution in [0.1, 0.15) is 27.0 Å². The first-order valence-corrected chi connectivity index (χ1v) is 12.6. The number of hydrogen-bond acceptors (Lipinski definition) is 9. The first-order valence-electron chi connectivity index (χ1n) is 12.6. The van der Waals surface area contributed by atoms with E-state index in [0.717, 1.165) is 5.56 Å². The number of aliphatic hydroxyl groups is 3. The molecule has 0 saturated carbocycles. The van der Waals surface area contributed by atoms with Crippen molar-refractivity contribution < 1.29 is 38.8 Å². The fourth-order valence-corrected chi connectivity index (χ4v) is 5.23. The molecule has 3 heterocycles. The predicted molar refractivity (Wildman–Crippen MR) is 145 cm³/mol. The molecule has 204 valence electrons. The van der Waals surface area contributed by atoms with Crippen molar-refractivity contribution in [2.24, 2.45) is 0 Å². The standard InChI is InChI=1S/C25H23B4FN4O7/c26-22(38)20(36)31-21(37)23(39,25(22,29)40)34-12-15-14(19(34)35)2-1-3-18(15)32-24(27,28)16-10-13(4-5-17(16)30)11-33-6-8-41-9-7-33/h1-5,10,32,38-40H,6-9,11-12H2,(H,31,36,37). The molecule has 2 fully saturated rings. The van der Waals surface area contributed by atoms with E-state index in [2.05, 4.69) is 10.2 Å². The topological polar surface area (TPSA) is 152 Å². The third-order valence-electron chi connectivity index (χ3n) is 7.69. The number of amides is 3.